The molecule has 0 fully saturated rings. The summed E-state index contributed by atoms with van der Waals surface area (Å²) >= 11 is 0. The summed E-state index contributed by atoms with van der Waals surface area (Å²) in [6.07, 6.45) is 4.57. The van der Waals surface area contributed by atoms with Crippen LogP contribution in [-0.4, -0.2) is 44.6 Å². The minimum absolute atomic E-state index is 0. The van der Waals surface area contributed by atoms with E-state index in [2.05, 4.69) is 16.1 Å². The second-order valence-corrected chi connectivity index (χ2v) is 9.84. The highest BCUT2D eigenvalue weighted by Gasteiger charge is 2.18. The van der Waals surface area contributed by atoms with Crippen molar-refractivity contribution in [3.05, 3.63) is 53.3 Å². The van der Waals surface area contributed by atoms with E-state index in [0.717, 1.165) is 36.2 Å². The number of fused-ring (bicyclic) bond motifs is 3. The molecular weight excluding hydrogens is 468 g/mol. The van der Waals surface area contributed by atoms with Crippen LogP contribution in [0.15, 0.2) is 40.8 Å². The maximum Gasteiger partial charge on any atom is 0.229 e. The molecule has 4 N–H and O–H groups in total. The van der Waals surface area contributed by atoms with Crippen LogP contribution in [0.3, 0.4) is 0 Å². The van der Waals surface area contributed by atoms with Gasteiger partial charge in [0.1, 0.15) is 29.4 Å². The number of phenolic OH excluding ortho intramolecular Hbond substituents is 1. The van der Waals surface area contributed by atoms with E-state index >= 15 is 0 Å². The van der Waals surface area contributed by atoms with Crippen molar-refractivity contribution in [2.45, 2.75) is 31.8 Å². The van der Waals surface area contributed by atoms with Gasteiger partial charge in [-0.3, -0.25) is 4.72 Å². The van der Waals surface area contributed by atoms with Gasteiger partial charge in [0, 0.05) is 36.5 Å². The number of sulfonamides is 1. The van der Waals surface area contributed by atoms with Crippen LogP contribution in [0.2, 0.25) is 0 Å². The first kappa shape index (κ1) is 25.2. The molecule has 0 saturated carbocycles. The van der Waals surface area contributed by atoms with E-state index in [9.17, 15) is 18.6 Å². The molecule has 3 aromatic rings. The zero-order chi connectivity index (χ0) is 22.7. The van der Waals surface area contributed by atoms with Crippen LogP contribution in [0.5, 0.6) is 11.5 Å². The third-order valence-electron chi connectivity index (χ3n) is 5.51. The van der Waals surface area contributed by atoms with E-state index in [-0.39, 0.29) is 30.4 Å². The first-order chi connectivity index (χ1) is 15.3. The smallest absolute Gasteiger partial charge is 0.229 e. The second-order valence-electron chi connectivity index (χ2n) is 8.09. The topological polar surface area (TPSA) is 121 Å². The molecule has 1 aliphatic carbocycles. The largest absolute Gasteiger partial charge is 0.506 e. The number of anilines is 1. The summed E-state index contributed by atoms with van der Waals surface area (Å²) in [6.45, 7) is 1.17. The number of rotatable bonds is 9. The Balaban J connectivity index is 0.00000306. The molecule has 10 heteroatoms. The van der Waals surface area contributed by atoms with Crippen LogP contribution >= 0.6 is 12.4 Å². The van der Waals surface area contributed by atoms with Crippen LogP contribution in [0, 0.1) is 0 Å². The predicted octanol–water partition coefficient (Wildman–Crippen LogP) is 3.51. The van der Waals surface area contributed by atoms with Gasteiger partial charge in [-0.2, -0.15) is 0 Å². The molecule has 33 heavy (non-hydrogen) atoms. The number of nitrogens with one attached hydrogen (secondary N) is 2. The first-order valence-electron chi connectivity index (χ1n) is 10.7. The standard InChI is InChI=1S/C23H28N2O6S.ClH/c1-32(28,29)25-19-12-15(6-9-20(19)26)21(27)14-24-10-11-30-16-7-8-18-17-4-2-3-5-22(17)31-23(18)13-16;/h6-9,12-13,21,24-27H,2-5,10-11,14H2,1H3;1H. The van der Waals surface area contributed by atoms with Crippen molar-refractivity contribution in [1.29, 1.82) is 0 Å². The molecule has 1 atom stereocenters. The Morgan fingerprint density at radius 2 is 1.94 bits per heavy atom. The van der Waals surface area contributed by atoms with E-state index in [1.165, 1.54) is 35.9 Å². The zero-order valence-corrected chi connectivity index (χ0v) is 20.0. The summed E-state index contributed by atoms with van der Waals surface area (Å²) in [5.41, 5.74) is 2.71. The molecule has 1 unspecified atom stereocenters. The molecular formula is C23H29ClN2O6S. The number of aliphatic hydroxyl groups excluding tert-OH is 1. The monoisotopic (exact) mass is 496 g/mol. The Morgan fingerprint density at radius 3 is 2.73 bits per heavy atom. The fourth-order valence-corrected chi connectivity index (χ4v) is 4.54. The lowest BCUT2D eigenvalue weighted by molar-refractivity contribution is 0.172. The van der Waals surface area contributed by atoms with Crippen LogP contribution < -0.4 is 14.8 Å². The highest BCUT2D eigenvalue weighted by molar-refractivity contribution is 7.92. The third-order valence-corrected chi connectivity index (χ3v) is 6.11. The van der Waals surface area contributed by atoms with Crippen LogP contribution in [0.4, 0.5) is 5.69 Å². The van der Waals surface area contributed by atoms with Crippen molar-refractivity contribution >= 4 is 39.1 Å². The quantitative estimate of drug-likeness (QED) is 0.264. The fraction of sp³-hybridized carbons (Fsp3) is 0.391. The Kier molecular flexibility index (Phi) is 8.12. The van der Waals surface area contributed by atoms with Gasteiger partial charge in [-0.25, -0.2) is 8.42 Å². The van der Waals surface area contributed by atoms with Crippen LogP contribution in [0.25, 0.3) is 11.0 Å². The molecule has 0 radical (unpaired) electrons. The van der Waals surface area contributed by atoms with E-state index in [1.54, 1.807) is 6.07 Å². The van der Waals surface area contributed by atoms with Crippen molar-refractivity contribution in [1.82, 2.24) is 5.32 Å². The lowest BCUT2D eigenvalue weighted by Crippen LogP contribution is -2.26. The first-order valence-corrected chi connectivity index (χ1v) is 12.6. The summed E-state index contributed by atoms with van der Waals surface area (Å²) in [4.78, 5) is 0. The normalized spacial score (nSPS) is 14.4. The van der Waals surface area contributed by atoms with Crippen molar-refractivity contribution < 1.29 is 27.8 Å². The number of phenols is 1. The van der Waals surface area contributed by atoms with Gasteiger partial charge in [0.05, 0.1) is 18.0 Å². The Bertz CT molecular complexity index is 1210. The van der Waals surface area contributed by atoms with Gasteiger partial charge in [-0.15, -0.1) is 12.4 Å². The van der Waals surface area contributed by atoms with E-state index in [1.807, 2.05) is 12.1 Å². The SMILES string of the molecule is CS(=O)(=O)Nc1cc(C(O)CNCCOc2ccc3c4c(oc3c2)CCCC4)ccc1O.Cl. The maximum atomic E-state index is 11.4. The molecule has 0 amide bonds. The molecule has 0 spiro atoms. The Hall–Kier alpha value is -2.46. The molecule has 0 saturated heterocycles. The molecule has 1 aromatic heterocycles. The second kappa shape index (κ2) is 10.6. The lowest BCUT2D eigenvalue weighted by atomic mass is 9.96. The molecule has 1 aliphatic rings. The molecule has 8 nitrogen and oxygen atoms in total. The fourth-order valence-electron chi connectivity index (χ4n) is 3.97. The average Bonchev–Trinajstić information content (AvgIpc) is 3.11. The third kappa shape index (κ3) is 6.32. The number of aromatic hydroxyl groups is 1. The summed E-state index contributed by atoms with van der Waals surface area (Å²) in [5, 5.41) is 24.5. The van der Waals surface area contributed by atoms with E-state index in [4.69, 9.17) is 9.15 Å². The number of benzene rings is 2. The number of aliphatic hydroxyl groups is 1. The van der Waals surface area contributed by atoms with Gasteiger partial charge in [-0.1, -0.05) is 6.07 Å². The van der Waals surface area contributed by atoms with Crippen LogP contribution in [0.1, 0.15) is 35.8 Å². The average molecular weight is 497 g/mol. The van der Waals surface area contributed by atoms with Crippen molar-refractivity contribution in [2.24, 2.45) is 0 Å². The maximum absolute atomic E-state index is 11.4. The molecule has 1 heterocycles. The number of furan rings is 1. The van der Waals surface area contributed by atoms with Crippen LogP contribution in [-0.2, 0) is 22.9 Å². The van der Waals surface area contributed by atoms with Gasteiger partial charge in [0.2, 0.25) is 10.0 Å². The number of ether oxygens (including phenoxy) is 1. The molecule has 0 aliphatic heterocycles. The molecule has 4 rings (SSSR count). The van der Waals surface area contributed by atoms with Gasteiger partial charge >= 0.3 is 0 Å². The number of hydrogen-bond acceptors (Lipinski definition) is 7. The zero-order valence-electron chi connectivity index (χ0n) is 18.3. The number of aryl methyl sites for hydroxylation is 2. The summed E-state index contributed by atoms with van der Waals surface area (Å²) < 4.78 is 36.8. The number of hydrogen-bond donors (Lipinski definition) is 4. The van der Waals surface area contributed by atoms with Gasteiger partial charge in [0.15, 0.2) is 0 Å². The Labute approximate surface area is 199 Å². The van der Waals surface area contributed by atoms with Crippen molar-refractivity contribution in [3.8, 4) is 11.5 Å². The molecule has 2 aromatic carbocycles. The van der Waals surface area contributed by atoms with Gasteiger partial charge < -0.3 is 24.7 Å². The highest BCUT2D eigenvalue weighted by atomic mass is 35.5. The van der Waals surface area contributed by atoms with E-state index < -0.39 is 16.1 Å². The Morgan fingerprint density at radius 1 is 1.15 bits per heavy atom. The van der Waals surface area contributed by atoms with E-state index in [0.29, 0.717) is 18.7 Å². The predicted molar refractivity (Wildman–Crippen MR) is 130 cm³/mol. The molecule has 0 bridgehead atoms. The minimum atomic E-state index is -3.54. The lowest BCUT2D eigenvalue weighted by Gasteiger charge is -2.15. The van der Waals surface area contributed by atoms with Gasteiger partial charge in [-0.05, 0) is 49.1 Å². The summed E-state index contributed by atoms with van der Waals surface area (Å²) in [6, 6.07) is 10.2. The minimum Gasteiger partial charge on any atom is -0.506 e. The van der Waals surface area contributed by atoms with Gasteiger partial charge in [0.25, 0.3) is 0 Å². The molecule has 180 valence electrons. The summed E-state index contributed by atoms with van der Waals surface area (Å²) in [5.74, 6) is 1.63. The van der Waals surface area contributed by atoms with Crippen molar-refractivity contribution in [2.75, 3.05) is 30.7 Å². The highest BCUT2D eigenvalue weighted by Crippen LogP contribution is 2.33. The summed E-state index contributed by atoms with van der Waals surface area (Å²) in [7, 11) is -3.54. The number of halogens is 1. The van der Waals surface area contributed by atoms with Crippen molar-refractivity contribution in [3.63, 3.8) is 0 Å².